The number of furan rings is 1. The van der Waals surface area contributed by atoms with Gasteiger partial charge in [0, 0.05) is 18.5 Å². The number of esters is 1. The van der Waals surface area contributed by atoms with Crippen molar-refractivity contribution < 1.29 is 18.7 Å². The number of rotatable bonds is 7. The molecule has 1 atom stereocenters. The number of carbonyl (C=O) groups is 1. The molecule has 12 heteroatoms. The first-order chi connectivity index (χ1) is 18.4. The number of fused-ring (bicyclic) bond motifs is 1. The van der Waals surface area contributed by atoms with Crippen LogP contribution in [-0.4, -0.2) is 34.2 Å². The molecule has 0 amide bonds. The van der Waals surface area contributed by atoms with Crippen LogP contribution in [0.2, 0.25) is 0 Å². The van der Waals surface area contributed by atoms with Crippen molar-refractivity contribution >= 4 is 51.1 Å². The lowest BCUT2D eigenvalue weighted by Gasteiger charge is -2.25. The molecule has 9 nitrogen and oxygen atoms in total. The van der Waals surface area contributed by atoms with Crippen molar-refractivity contribution in [2.45, 2.75) is 30.1 Å². The smallest absolute Gasteiger partial charge is 0.338 e. The van der Waals surface area contributed by atoms with Crippen LogP contribution in [0.3, 0.4) is 0 Å². The quantitative estimate of drug-likeness (QED) is 0.227. The molecule has 0 saturated heterocycles. The second kappa shape index (κ2) is 11.1. The number of allylic oxidation sites excluding steroid dienone is 1. The molecule has 4 aromatic rings. The van der Waals surface area contributed by atoms with Gasteiger partial charge in [0.15, 0.2) is 15.1 Å². The molecule has 1 aromatic carbocycles. The van der Waals surface area contributed by atoms with E-state index < -0.39 is 12.0 Å². The number of aromatic nitrogens is 3. The van der Waals surface area contributed by atoms with E-state index in [2.05, 4.69) is 30.9 Å². The predicted octanol–water partition coefficient (Wildman–Crippen LogP) is 4.10. The van der Waals surface area contributed by atoms with Crippen molar-refractivity contribution in [1.82, 2.24) is 14.5 Å². The molecule has 0 fully saturated rings. The number of hydrogen-bond donors (Lipinski definition) is 0. The van der Waals surface area contributed by atoms with Crippen LogP contribution in [0.1, 0.15) is 31.2 Å². The molecular weight excluding hydrogens is 592 g/mol. The number of halogens is 1. The summed E-state index contributed by atoms with van der Waals surface area (Å²) in [5.41, 5.74) is 1.22. The molecule has 0 saturated carbocycles. The molecule has 5 rings (SSSR count). The van der Waals surface area contributed by atoms with Crippen molar-refractivity contribution in [3.05, 3.63) is 95.5 Å². The van der Waals surface area contributed by atoms with E-state index >= 15 is 0 Å². The largest absolute Gasteiger partial charge is 0.496 e. The van der Waals surface area contributed by atoms with E-state index in [1.54, 1.807) is 63.7 Å². The summed E-state index contributed by atoms with van der Waals surface area (Å²) in [6, 6.07) is 10.0. The van der Waals surface area contributed by atoms with Gasteiger partial charge < -0.3 is 13.9 Å². The van der Waals surface area contributed by atoms with Crippen LogP contribution in [0.25, 0.3) is 6.08 Å². The Balaban J connectivity index is 1.60. The van der Waals surface area contributed by atoms with Crippen LogP contribution in [0.4, 0.5) is 0 Å². The van der Waals surface area contributed by atoms with Crippen LogP contribution >= 0.6 is 39.0 Å². The summed E-state index contributed by atoms with van der Waals surface area (Å²) in [7, 11) is 1.57. The Morgan fingerprint density at radius 2 is 2.05 bits per heavy atom. The third-order valence-corrected chi connectivity index (χ3v) is 8.03. The number of ether oxygens (including phenoxy) is 2. The zero-order chi connectivity index (χ0) is 26.8. The molecule has 38 heavy (non-hydrogen) atoms. The number of thiazole rings is 1. The van der Waals surface area contributed by atoms with Gasteiger partial charge >= 0.3 is 5.97 Å². The number of benzene rings is 1. The van der Waals surface area contributed by atoms with Crippen molar-refractivity contribution in [2.24, 2.45) is 4.99 Å². The summed E-state index contributed by atoms with van der Waals surface area (Å²) < 4.78 is 19.2. The van der Waals surface area contributed by atoms with Crippen LogP contribution in [0, 0.1) is 0 Å². The highest BCUT2D eigenvalue weighted by Crippen LogP contribution is 2.35. The first kappa shape index (κ1) is 26.1. The predicted molar refractivity (Wildman–Crippen MR) is 146 cm³/mol. The fourth-order valence-electron chi connectivity index (χ4n) is 3.98. The zero-order valence-corrected chi connectivity index (χ0v) is 23.7. The van der Waals surface area contributed by atoms with Gasteiger partial charge in [-0.05, 0) is 77.4 Å². The first-order valence-electron chi connectivity index (χ1n) is 11.5. The molecule has 0 radical (unpaired) electrons. The maximum Gasteiger partial charge on any atom is 0.338 e. The molecule has 1 aliphatic rings. The lowest BCUT2D eigenvalue weighted by Crippen LogP contribution is -2.39. The highest BCUT2D eigenvalue weighted by molar-refractivity contribution is 9.10. The molecular formula is C26H21BrN4O5S2. The molecule has 1 aliphatic heterocycles. The maximum absolute atomic E-state index is 13.7. The van der Waals surface area contributed by atoms with Gasteiger partial charge in [-0.2, -0.15) is 0 Å². The Hall–Kier alpha value is -3.48. The van der Waals surface area contributed by atoms with Gasteiger partial charge in [-0.25, -0.2) is 19.8 Å². The highest BCUT2D eigenvalue weighted by atomic mass is 79.9. The van der Waals surface area contributed by atoms with Crippen LogP contribution in [0.15, 0.2) is 89.0 Å². The SMILES string of the molecule is CCOC(=O)C1=C(C)N=c2s/c(=C/c3ccc(Sc4ncccn4)o3)c(=O)n2[C@@H]1c1ccc(OC)c(Br)c1. The van der Waals surface area contributed by atoms with E-state index in [1.165, 1.54) is 27.7 Å². The topological polar surface area (TPSA) is 109 Å². The second-order valence-corrected chi connectivity index (χ2v) is 10.8. The number of carbonyl (C=O) groups excluding carboxylic acids is 1. The van der Waals surface area contributed by atoms with Gasteiger partial charge in [0.1, 0.15) is 11.5 Å². The summed E-state index contributed by atoms with van der Waals surface area (Å²) >= 11 is 6.02. The molecule has 0 unspecified atom stereocenters. The van der Waals surface area contributed by atoms with Crippen molar-refractivity contribution in [1.29, 1.82) is 0 Å². The van der Waals surface area contributed by atoms with Gasteiger partial charge in [0.25, 0.3) is 5.56 Å². The summed E-state index contributed by atoms with van der Waals surface area (Å²) in [5, 5.41) is 1.15. The molecule has 0 spiro atoms. The van der Waals surface area contributed by atoms with E-state index in [0.717, 1.165) is 0 Å². The minimum atomic E-state index is -0.729. The van der Waals surface area contributed by atoms with Crippen LogP contribution in [0.5, 0.6) is 5.75 Å². The van der Waals surface area contributed by atoms with Crippen LogP contribution < -0.4 is 19.6 Å². The summed E-state index contributed by atoms with van der Waals surface area (Å²) in [5.74, 6) is 0.613. The third kappa shape index (κ3) is 5.11. The lowest BCUT2D eigenvalue weighted by molar-refractivity contribution is -0.139. The van der Waals surface area contributed by atoms with Gasteiger partial charge in [0.2, 0.25) is 0 Å². The van der Waals surface area contributed by atoms with E-state index in [9.17, 15) is 9.59 Å². The van der Waals surface area contributed by atoms with Crippen LogP contribution in [-0.2, 0) is 9.53 Å². The molecule has 0 N–H and O–H groups in total. The molecule has 194 valence electrons. The van der Waals surface area contributed by atoms with Gasteiger partial charge in [0.05, 0.1) is 40.0 Å². The average Bonchev–Trinajstić information content (AvgIpc) is 3.47. The Kier molecular flexibility index (Phi) is 7.63. The average molecular weight is 614 g/mol. The van der Waals surface area contributed by atoms with E-state index in [-0.39, 0.29) is 12.2 Å². The lowest BCUT2D eigenvalue weighted by atomic mass is 9.96. The van der Waals surface area contributed by atoms with E-state index in [0.29, 0.717) is 52.4 Å². The Morgan fingerprint density at radius 1 is 1.26 bits per heavy atom. The number of nitrogens with zero attached hydrogens (tertiary/aromatic N) is 4. The monoisotopic (exact) mass is 612 g/mol. The zero-order valence-electron chi connectivity index (χ0n) is 20.5. The minimum Gasteiger partial charge on any atom is -0.496 e. The Labute approximate surface area is 233 Å². The van der Waals surface area contributed by atoms with Crippen molar-refractivity contribution in [2.75, 3.05) is 13.7 Å². The van der Waals surface area contributed by atoms with Crippen molar-refractivity contribution in [3.63, 3.8) is 0 Å². The normalized spacial score (nSPS) is 15.3. The van der Waals surface area contributed by atoms with Gasteiger partial charge in [-0.3, -0.25) is 9.36 Å². The molecule has 3 aromatic heterocycles. The molecule has 4 heterocycles. The molecule has 0 bridgehead atoms. The Morgan fingerprint density at radius 3 is 2.76 bits per heavy atom. The number of methoxy groups -OCH3 is 1. The fourth-order valence-corrected chi connectivity index (χ4v) is 6.25. The van der Waals surface area contributed by atoms with Crippen molar-refractivity contribution in [3.8, 4) is 5.75 Å². The highest BCUT2D eigenvalue weighted by Gasteiger charge is 2.33. The molecule has 0 aliphatic carbocycles. The fraction of sp³-hybridized carbons (Fsp3) is 0.192. The van der Waals surface area contributed by atoms with E-state index in [4.69, 9.17) is 13.9 Å². The standard InChI is InChI=1S/C26H21BrN4O5S2/c1-4-35-24(33)21-14(2)30-26-31(22(21)15-6-8-18(34-3)17(27)12-15)23(32)19(37-26)13-16-7-9-20(36-16)38-25-28-10-5-11-29-25/h5-13,22H,4H2,1-3H3/b19-13+/t22-/m1/s1. The third-order valence-electron chi connectivity index (χ3n) is 5.62. The second-order valence-electron chi connectivity index (χ2n) is 7.99. The number of hydrogen-bond acceptors (Lipinski definition) is 10. The first-order valence-corrected chi connectivity index (χ1v) is 13.9. The summed E-state index contributed by atoms with van der Waals surface area (Å²) in [6.07, 6.45) is 4.98. The van der Waals surface area contributed by atoms with Gasteiger partial charge in [-0.15, -0.1) is 0 Å². The maximum atomic E-state index is 13.7. The Bertz CT molecular complexity index is 1730. The van der Waals surface area contributed by atoms with Gasteiger partial charge in [-0.1, -0.05) is 17.4 Å². The minimum absolute atomic E-state index is 0.200. The summed E-state index contributed by atoms with van der Waals surface area (Å²) in [4.78, 5) is 40.2. The summed E-state index contributed by atoms with van der Waals surface area (Å²) in [6.45, 7) is 3.68. The van der Waals surface area contributed by atoms with E-state index in [1.807, 2.05) is 12.1 Å².